The molecular weight excluding hydrogens is 303 g/mol. The SMILES string of the molecule is CCCCCCCCCC(=O)OC(C)I. The van der Waals surface area contributed by atoms with Crippen molar-refractivity contribution in [2.45, 2.75) is 69.3 Å². The predicted octanol–water partition coefficient (Wildman–Crippen LogP) is 4.45. The zero-order valence-electron chi connectivity index (χ0n) is 9.93. The zero-order chi connectivity index (χ0) is 11.5. The van der Waals surface area contributed by atoms with Gasteiger partial charge in [0, 0.05) is 6.42 Å². The Balaban J connectivity index is 3.13. The number of rotatable bonds is 9. The predicted molar refractivity (Wildman–Crippen MR) is 72.2 cm³/mol. The Morgan fingerprint density at radius 2 is 1.67 bits per heavy atom. The number of alkyl halides is 1. The lowest BCUT2D eigenvalue weighted by molar-refractivity contribution is -0.144. The second-order valence-corrected chi connectivity index (χ2v) is 5.66. The molecule has 0 rings (SSSR count). The van der Waals surface area contributed by atoms with E-state index in [0.717, 1.165) is 12.8 Å². The lowest BCUT2D eigenvalue weighted by Gasteiger charge is -2.06. The quantitative estimate of drug-likeness (QED) is 0.271. The standard InChI is InChI=1S/C12H23IO2/c1-3-4-5-6-7-8-9-10-12(14)15-11(2)13/h11H,3-10H2,1-2H3. The second kappa shape index (κ2) is 10.7. The van der Waals surface area contributed by atoms with Crippen molar-refractivity contribution >= 4 is 28.6 Å². The van der Waals surface area contributed by atoms with Crippen molar-refractivity contribution < 1.29 is 9.53 Å². The van der Waals surface area contributed by atoms with Gasteiger partial charge < -0.3 is 4.74 Å². The molecule has 3 heteroatoms. The molecule has 0 aliphatic rings. The van der Waals surface area contributed by atoms with E-state index in [1.54, 1.807) is 0 Å². The lowest BCUT2D eigenvalue weighted by Crippen LogP contribution is -2.08. The first kappa shape index (κ1) is 15.2. The molecule has 0 aliphatic heterocycles. The molecule has 0 bridgehead atoms. The second-order valence-electron chi connectivity index (χ2n) is 3.90. The Hall–Kier alpha value is 0.200. The number of halogens is 1. The Kier molecular flexibility index (Phi) is 10.9. The van der Waals surface area contributed by atoms with Gasteiger partial charge in [0.05, 0.1) is 0 Å². The van der Waals surface area contributed by atoms with Crippen LogP contribution in [0.2, 0.25) is 0 Å². The van der Waals surface area contributed by atoms with E-state index in [1.807, 2.05) is 6.92 Å². The Bertz CT molecular complexity index is 158. The molecule has 0 aromatic heterocycles. The molecule has 0 fully saturated rings. The van der Waals surface area contributed by atoms with Gasteiger partial charge in [-0.15, -0.1) is 0 Å². The maximum Gasteiger partial charge on any atom is 0.306 e. The molecular formula is C12H23IO2. The molecule has 0 saturated carbocycles. The van der Waals surface area contributed by atoms with Gasteiger partial charge in [0.1, 0.15) is 4.11 Å². The van der Waals surface area contributed by atoms with Crippen molar-refractivity contribution in [3.8, 4) is 0 Å². The largest absolute Gasteiger partial charge is 0.452 e. The van der Waals surface area contributed by atoms with Crippen LogP contribution < -0.4 is 0 Å². The fourth-order valence-electron chi connectivity index (χ4n) is 1.47. The van der Waals surface area contributed by atoms with Gasteiger partial charge in [-0.05, 0) is 35.9 Å². The summed E-state index contributed by atoms with van der Waals surface area (Å²) >= 11 is 2.10. The van der Waals surface area contributed by atoms with Crippen LogP contribution in [0.5, 0.6) is 0 Å². The number of unbranched alkanes of at least 4 members (excludes halogenated alkanes) is 6. The van der Waals surface area contributed by atoms with Crippen molar-refractivity contribution in [3.05, 3.63) is 0 Å². The highest BCUT2D eigenvalue weighted by molar-refractivity contribution is 14.1. The summed E-state index contributed by atoms with van der Waals surface area (Å²) in [6.45, 7) is 4.10. The van der Waals surface area contributed by atoms with Crippen LogP contribution in [-0.4, -0.2) is 10.1 Å². The first-order valence-electron chi connectivity index (χ1n) is 6.00. The molecule has 0 saturated heterocycles. The van der Waals surface area contributed by atoms with Crippen LogP contribution in [0.3, 0.4) is 0 Å². The first-order valence-corrected chi connectivity index (χ1v) is 7.25. The van der Waals surface area contributed by atoms with E-state index in [0.29, 0.717) is 6.42 Å². The van der Waals surface area contributed by atoms with E-state index in [-0.39, 0.29) is 10.1 Å². The van der Waals surface area contributed by atoms with E-state index in [1.165, 1.54) is 32.1 Å². The Morgan fingerprint density at radius 1 is 1.13 bits per heavy atom. The summed E-state index contributed by atoms with van der Waals surface area (Å²) in [5.41, 5.74) is 0. The van der Waals surface area contributed by atoms with Crippen molar-refractivity contribution in [1.82, 2.24) is 0 Å². The third-order valence-corrected chi connectivity index (χ3v) is 2.53. The van der Waals surface area contributed by atoms with Gasteiger partial charge >= 0.3 is 5.97 Å². The fourth-order valence-corrected chi connectivity index (χ4v) is 1.75. The van der Waals surface area contributed by atoms with Gasteiger partial charge in [-0.1, -0.05) is 45.4 Å². The van der Waals surface area contributed by atoms with Gasteiger partial charge in [0.25, 0.3) is 0 Å². The van der Waals surface area contributed by atoms with Crippen LogP contribution in [0.15, 0.2) is 0 Å². The number of carbonyl (C=O) groups excluding carboxylic acids is 1. The molecule has 1 atom stereocenters. The minimum Gasteiger partial charge on any atom is -0.452 e. The lowest BCUT2D eigenvalue weighted by atomic mass is 10.1. The van der Waals surface area contributed by atoms with Crippen molar-refractivity contribution in [2.75, 3.05) is 0 Å². The summed E-state index contributed by atoms with van der Waals surface area (Å²) < 4.78 is 5.04. The molecule has 0 amide bonds. The molecule has 0 aromatic carbocycles. The monoisotopic (exact) mass is 326 g/mol. The first-order chi connectivity index (χ1) is 7.16. The Morgan fingerprint density at radius 3 is 2.20 bits per heavy atom. The van der Waals surface area contributed by atoms with Crippen molar-refractivity contribution in [1.29, 1.82) is 0 Å². The summed E-state index contributed by atoms with van der Waals surface area (Å²) in [4.78, 5) is 11.2. The number of carbonyl (C=O) groups is 1. The highest BCUT2D eigenvalue weighted by atomic mass is 127. The van der Waals surface area contributed by atoms with Crippen LogP contribution >= 0.6 is 22.6 Å². The van der Waals surface area contributed by atoms with Crippen molar-refractivity contribution in [2.24, 2.45) is 0 Å². The maximum atomic E-state index is 11.2. The summed E-state index contributed by atoms with van der Waals surface area (Å²) in [5, 5.41) is 0. The van der Waals surface area contributed by atoms with E-state index in [2.05, 4.69) is 29.5 Å². The molecule has 0 radical (unpaired) electrons. The summed E-state index contributed by atoms with van der Waals surface area (Å²) in [7, 11) is 0. The summed E-state index contributed by atoms with van der Waals surface area (Å²) in [6.07, 6.45) is 9.27. The minimum atomic E-state index is -0.0505. The number of esters is 1. The smallest absolute Gasteiger partial charge is 0.306 e. The van der Waals surface area contributed by atoms with E-state index < -0.39 is 0 Å². The van der Waals surface area contributed by atoms with Gasteiger partial charge in [0.2, 0.25) is 0 Å². The van der Waals surface area contributed by atoms with Crippen LogP contribution in [0.4, 0.5) is 0 Å². The topological polar surface area (TPSA) is 26.3 Å². The zero-order valence-corrected chi connectivity index (χ0v) is 12.1. The van der Waals surface area contributed by atoms with Crippen LogP contribution in [0, 0.1) is 0 Å². The average molecular weight is 326 g/mol. The van der Waals surface area contributed by atoms with Crippen LogP contribution in [0.1, 0.15) is 65.2 Å². The fraction of sp³-hybridized carbons (Fsp3) is 0.917. The third kappa shape index (κ3) is 12.1. The normalized spacial score (nSPS) is 12.5. The van der Waals surface area contributed by atoms with Gasteiger partial charge in [0.15, 0.2) is 0 Å². The summed E-state index contributed by atoms with van der Waals surface area (Å²) in [5.74, 6) is -0.0505. The number of hydrogen-bond acceptors (Lipinski definition) is 2. The van der Waals surface area contributed by atoms with E-state index in [4.69, 9.17) is 4.74 Å². The van der Waals surface area contributed by atoms with E-state index >= 15 is 0 Å². The van der Waals surface area contributed by atoms with E-state index in [9.17, 15) is 4.79 Å². The maximum absolute atomic E-state index is 11.2. The highest BCUT2D eigenvalue weighted by Gasteiger charge is 2.05. The average Bonchev–Trinajstić information content (AvgIpc) is 2.15. The Labute approximate surface area is 107 Å². The van der Waals surface area contributed by atoms with Crippen LogP contribution in [-0.2, 0) is 9.53 Å². The summed E-state index contributed by atoms with van der Waals surface area (Å²) in [6, 6.07) is 0. The minimum absolute atomic E-state index is 0.000320. The molecule has 90 valence electrons. The molecule has 15 heavy (non-hydrogen) atoms. The molecule has 0 aliphatic carbocycles. The molecule has 0 spiro atoms. The molecule has 1 unspecified atom stereocenters. The van der Waals surface area contributed by atoms with Gasteiger partial charge in [-0.2, -0.15) is 0 Å². The molecule has 0 heterocycles. The van der Waals surface area contributed by atoms with Gasteiger partial charge in [-0.25, -0.2) is 0 Å². The van der Waals surface area contributed by atoms with Crippen LogP contribution in [0.25, 0.3) is 0 Å². The molecule has 0 N–H and O–H groups in total. The highest BCUT2D eigenvalue weighted by Crippen LogP contribution is 2.10. The molecule has 0 aromatic rings. The van der Waals surface area contributed by atoms with Gasteiger partial charge in [-0.3, -0.25) is 4.79 Å². The number of hydrogen-bond donors (Lipinski definition) is 0. The van der Waals surface area contributed by atoms with Crippen molar-refractivity contribution in [3.63, 3.8) is 0 Å². The number of ether oxygens (including phenoxy) is 1. The third-order valence-electron chi connectivity index (χ3n) is 2.28. The molecule has 2 nitrogen and oxygen atoms in total.